The number of ether oxygens (including phenoxy) is 1. The summed E-state index contributed by atoms with van der Waals surface area (Å²) >= 11 is 5.91. The van der Waals surface area contributed by atoms with E-state index in [1.54, 1.807) is 0 Å². The summed E-state index contributed by atoms with van der Waals surface area (Å²) in [4.78, 5) is 10.0. The van der Waals surface area contributed by atoms with E-state index in [1.807, 2.05) is 0 Å². The summed E-state index contributed by atoms with van der Waals surface area (Å²) in [6, 6.07) is 6.25. The van der Waals surface area contributed by atoms with E-state index in [2.05, 4.69) is 6.07 Å². The zero-order valence-corrected chi connectivity index (χ0v) is 10.3. The van der Waals surface area contributed by atoms with Crippen LogP contribution in [0.3, 0.4) is 0 Å². The van der Waals surface area contributed by atoms with Gasteiger partial charge in [0.25, 0.3) is 5.69 Å². The molecule has 0 amide bonds. The van der Waals surface area contributed by atoms with Crippen molar-refractivity contribution in [1.82, 2.24) is 0 Å². The molecule has 0 aromatic heterocycles. The van der Waals surface area contributed by atoms with E-state index < -0.39 is 4.92 Å². The van der Waals surface area contributed by atoms with Crippen LogP contribution in [0.4, 0.5) is 5.69 Å². The van der Waals surface area contributed by atoms with Gasteiger partial charge in [-0.05, 0) is 18.9 Å². The van der Waals surface area contributed by atoms with Gasteiger partial charge in [0.1, 0.15) is 5.75 Å². The summed E-state index contributed by atoms with van der Waals surface area (Å²) in [6.45, 7) is 0.429. The molecule has 0 radical (unpaired) electrons. The number of nitro benzene ring substituents is 1. The molecule has 5 nitrogen and oxygen atoms in total. The van der Waals surface area contributed by atoms with E-state index in [1.165, 1.54) is 18.2 Å². The summed E-state index contributed by atoms with van der Waals surface area (Å²) in [5.41, 5.74) is -0.106. The van der Waals surface area contributed by atoms with Gasteiger partial charge in [-0.2, -0.15) is 5.26 Å². The Kier molecular flexibility index (Phi) is 3.39. The summed E-state index contributed by atoms with van der Waals surface area (Å²) in [7, 11) is 0. The standard InChI is InChI=1S/C12H11ClN2O3/c13-10-7-9(15(16)17)1-2-11(10)18-8-12(3-4-12)5-6-14/h1-2,7H,3-5,8H2. The van der Waals surface area contributed by atoms with Crippen molar-refractivity contribution in [2.75, 3.05) is 6.61 Å². The van der Waals surface area contributed by atoms with Crippen molar-refractivity contribution in [2.45, 2.75) is 19.3 Å². The van der Waals surface area contributed by atoms with Crippen LogP contribution in [0.15, 0.2) is 18.2 Å². The quantitative estimate of drug-likeness (QED) is 0.605. The Hall–Kier alpha value is -1.80. The Morgan fingerprint density at radius 3 is 2.78 bits per heavy atom. The number of nitriles is 1. The van der Waals surface area contributed by atoms with Gasteiger partial charge in [-0.3, -0.25) is 10.1 Å². The molecule has 1 aliphatic carbocycles. The topological polar surface area (TPSA) is 76.2 Å². The second-order valence-electron chi connectivity index (χ2n) is 4.50. The molecular formula is C12H11ClN2O3. The largest absolute Gasteiger partial charge is 0.491 e. The second-order valence-corrected chi connectivity index (χ2v) is 4.90. The van der Waals surface area contributed by atoms with Crippen molar-refractivity contribution in [2.24, 2.45) is 5.41 Å². The van der Waals surface area contributed by atoms with Gasteiger partial charge in [0, 0.05) is 24.0 Å². The Morgan fingerprint density at radius 2 is 2.28 bits per heavy atom. The lowest BCUT2D eigenvalue weighted by molar-refractivity contribution is -0.384. The Morgan fingerprint density at radius 1 is 1.56 bits per heavy atom. The molecule has 0 N–H and O–H groups in total. The predicted octanol–water partition coefficient (Wildman–Crippen LogP) is 3.32. The molecule has 18 heavy (non-hydrogen) atoms. The lowest BCUT2D eigenvalue weighted by atomic mass is 10.1. The van der Waals surface area contributed by atoms with Gasteiger partial charge >= 0.3 is 0 Å². The van der Waals surface area contributed by atoms with Gasteiger partial charge in [-0.25, -0.2) is 0 Å². The molecule has 1 aliphatic rings. The van der Waals surface area contributed by atoms with Gasteiger partial charge in [0.2, 0.25) is 0 Å². The number of non-ortho nitro benzene ring substituents is 1. The maximum Gasteiger partial charge on any atom is 0.271 e. The third-order valence-corrected chi connectivity index (χ3v) is 3.37. The van der Waals surface area contributed by atoms with E-state index in [0.717, 1.165) is 12.8 Å². The normalized spacial score (nSPS) is 15.8. The molecule has 1 aromatic rings. The minimum absolute atomic E-state index is 0.0418. The average molecular weight is 267 g/mol. The molecule has 0 bridgehead atoms. The van der Waals surface area contributed by atoms with Crippen LogP contribution in [0.1, 0.15) is 19.3 Å². The molecule has 1 saturated carbocycles. The molecule has 94 valence electrons. The van der Waals surface area contributed by atoms with Crippen molar-refractivity contribution in [3.05, 3.63) is 33.3 Å². The molecule has 0 aliphatic heterocycles. The van der Waals surface area contributed by atoms with Crippen LogP contribution in [0.2, 0.25) is 5.02 Å². The zero-order valence-electron chi connectivity index (χ0n) is 9.56. The van der Waals surface area contributed by atoms with Gasteiger partial charge in [0.05, 0.1) is 22.6 Å². The fourth-order valence-electron chi connectivity index (χ4n) is 1.67. The predicted molar refractivity (Wildman–Crippen MR) is 65.5 cm³/mol. The first-order chi connectivity index (χ1) is 8.56. The minimum Gasteiger partial charge on any atom is -0.491 e. The van der Waals surface area contributed by atoms with Crippen LogP contribution in [-0.2, 0) is 0 Å². The number of hydrogen-bond donors (Lipinski definition) is 0. The van der Waals surface area contributed by atoms with Crippen molar-refractivity contribution in [1.29, 1.82) is 5.26 Å². The molecule has 0 atom stereocenters. The highest BCUT2D eigenvalue weighted by atomic mass is 35.5. The third kappa shape index (κ3) is 2.71. The van der Waals surface area contributed by atoms with Crippen molar-refractivity contribution < 1.29 is 9.66 Å². The Balaban J connectivity index is 2.02. The van der Waals surface area contributed by atoms with Crippen molar-refractivity contribution >= 4 is 17.3 Å². The summed E-state index contributed by atoms with van der Waals surface area (Å²) in [5.74, 6) is 0.423. The van der Waals surface area contributed by atoms with Crippen LogP contribution in [0.25, 0.3) is 0 Å². The first kappa shape index (κ1) is 12.7. The lowest BCUT2D eigenvalue weighted by Gasteiger charge is -2.13. The van der Waals surface area contributed by atoms with E-state index in [4.69, 9.17) is 21.6 Å². The maximum absolute atomic E-state index is 10.5. The first-order valence-electron chi connectivity index (χ1n) is 5.50. The molecule has 0 unspecified atom stereocenters. The molecule has 1 fully saturated rings. The Bertz CT molecular complexity index is 521. The highest BCUT2D eigenvalue weighted by Crippen LogP contribution is 2.49. The number of rotatable bonds is 5. The smallest absolute Gasteiger partial charge is 0.271 e. The zero-order chi connectivity index (χ0) is 13.2. The SMILES string of the molecule is N#CCC1(COc2ccc([N+](=O)[O-])cc2Cl)CC1. The molecule has 0 spiro atoms. The lowest BCUT2D eigenvalue weighted by Crippen LogP contribution is -2.12. The van der Waals surface area contributed by atoms with Crippen molar-refractivity contribution in [3.63, 3.8) is 0 Å². The molecule has 2 rings (SSSR count). The summed E-state index contributed by atoms with van der Waals surface area (Å²) < 4.78 is 5.55. The minimum atomic E-state index is -0.506. The van der Waals surface area contributed by atoms with Gasteiger partial charge in [0.15, 0.2) is 0 Å². The Labute approximate surface area is 109 Å². The number of nitro groups is 1. The van der Waals surface area contributed by atoms with Crippen LogP contribution < -0.4 is 4.74 Å². The highest BCUT2D eigenvalue weighted by molar-refractivity contribution is 6.32. The van der Waals surface area contributed by atoms with Crippen LogP contribution in [0, 0.1) is 26.9 Å². The number of halogens is 1. The van der Waals surface area contributed by atoms with E-state index in [9.17, 15) is 10.1 Å². The second kappa shape index (κ2) is 4.83. The third-order valence-electron chi connectivity index (χ3n) is 3.07. The molecule has 0 heterocycles. The molecule has 6 heteroatoms. The maximum atomic E-state index is 10.5. The first-order valence-corrected chi connectivity index (χ1v) is 5.88. The number of hydrogen-bond acceptors (Lipinski definition) is 4. The molecule has 0 saturated heterocycles. The van der Waals surface area contributed by atoms with Gasteiger partial charge in [-0.15, -0.1) is 0 Å². The molecular weight excluding hydrogens is 256 g/mol. The summed E-state index contributed by atoms with van der Waals surface area (Å²) in [5, 5.41) is 19.5. The van der Waals surface area contributed by atoms with Gasteiger partial charge in [-0.1, -0.05) is 11.6 Å². The monoisotopic (exact) mass is 266 g/mol. The fraction of sp³-hybridized carbons (Fsp3) is 0.417. The fourth-order valence-corrected chi connectivity index (χ4v) is 1.90. The van der Waals surface area contributed by atoms with E-state index >= 15 is 0 Å². The van der Waals surface area contributed by atoms with Crippen molar-refractivity contribution in [3.8, 4) is 11.8 Å². The number of benzene rings is 1. The number of nitrogens with zero attached hydrogens (tertiary/aromatic N) is 2. The van der Waals surface area contributed by atoms with Crippen LogP contribution >= 0.6 is 11.6 Å². The van der Waals surface area contributed by atoms with E-state index in [-0.39, 0.29) is 16.1 Å². The van der Waals surface area contributed by atoms with E-state index in [0.29, 0.717) is 18.8 Å². The summed E-state index contributed by atoms with van der Waals surface area (Å²) in [6.07, 6.45) is 2.42. The van der Waals surface area contributed by atoms with Crippen LogP contribution in [-0.4, -0.2) is 11.5 Å². The highest BCUT2D eigenvalue weighted by Gasteiger charge is 2.43. The average Bonchev–Trinajstić information content (AvgIpc) is 3.08. The van der Waals surface area contributed by atoms with Gasteiger partial charge < -0.3 is 4.74 Å². The molecule has 1 aromatic carbocycles. The van der Waals surface area contributed by atoms with Crippen LogP contribution in [0.5, 0.6) is 5.75 Å².